The van der Waals surface area contributed by atoms with Crippen molar-refractivity contribution >= 4 is 29.0 Å². The lowest BCUT2D eigenvalue weighted by molar-refractivity contribution is -0.119. The Morgan fingerprint density at radius 2 is 1.94 bits per heavy atom. The maximum Gasteiger partial charge on any atom is 0.248 e. The monoisotopic (exact) mass is 494 g/mol. The summed E-state index contributed by atoms with van der Waals surface area (Å²) in [6, 6.07) is 5.62. The van der Waals surface area contributed by atoms with Gasteiger partial charge in [-0.15, -0.1) is 0 Å². The summed E-state index contributed by atoms with van der Waals surface area (Å²) in [6.07, 6.45) is 4.65. The number of imidazole rings is 1. The molecule has 4 heterocycles. The molecule has 1 amide bonds. The molecule has 1 saturated carbocycles. The minimum Gasteiger partial charge on any atom is -0.383 e. The van der Waals surface area contributed by atoms with E-state index in [2.05, 4.69) is 30.6 Å². The average Bonchev–Trinajstić information content (AvgIpc) is 3.39. The van der Waals surface area contributed by atoms with E-state index >= 15 is 0 Å². The second-order valence-corrected chi connectivity index (χ2v) is 9.39. The SMILES string of the molecule is CC1(c2ccc(F)cc2)C(=O)Nc2nc(-c3cn4ccnc4c(NCC4CC(F)(F)C4)n3)nc(N)c21. The van der Waals surface area contributed by atoms with Crippen molar-refractivity contribution in [3.05, 3.63) is 59.8 Å². The molecule has 2 aliphatic rings. The van der Waals surface area contributed by atoms with Gasteiger partial charge in [-0.3, -0.25) is 4.79 Å². The zero-order chi connectivity index (χ0) is 25.2. The molecule has 0 bridgehead atoms. The van der Waals surface area contributed by atoms with E-state index in [1.165, 1.54) is 24.3 Å². The zero-order valence-corrected chi connectivity index (χ0v) is 19.1. The topological polar surface area (TPSA) is 123 Å². The number of benzene rings is 1. The predicted molar refractivity (Wildman–Crippen MR) is 126 cm³/mol. The molecule has 4 N–H and O–H groups in total. The van der Waals surface area contributed by atoms with Crippen LogP contribution in [0.25, 0.3) is 17.2 Å². The lowest BCUT2D eigenvalue weighted by Gasteiger charge is -2.35. The van der Waals surface area contributed by atoms with E-state index in [-0.39, 0.29) is 42.1 Å². The Hall–Kier alpha value is -4.22. The molecule has 9 nitrogen and oxygen atoms in total. The van der Waals surface area contributed by atoms with Crippen LogP contribution in [0.5, 0.6) is 0 Å². The number of alkyl halides is 2. The van der Waals surface area contributed by atoms with E-state index in [4.69, 9.17) is 5.73 Å². The lowest BCUT2D eigenvalue weighted by Crippen LogP contribution is -2.39. The van der Waals surface area contributed by atoms with Gasteiger partial charge < -0.3 is 20.8 Å². The first-order valence-corrected chi connectivity index (χ1v) is 11.4. The van der Waals surface area contributed by atoms with Gasteiger partial charge in [0.25, 0.3) is 0 Å². The van der Waals surface area contributed by atoms with Crippen molar-refractivity contribution in [3.63, 3.8) is 0 Å². The van der Waals surface area contributed by atoms with Crippen molar-refractivity contribution in [2.75, 3.05) is 22.9 Å². The second kappa shape index (κ2) is 7.64. The molecule has 1 fully saturated rings. The summed E-state index contributed by atoms with van der Waals surface area (Å²) >= 11 is 0. The fourth-order valence-electron chi connectivity index (χ4n) is 4.91. The number of nitrogens with two attached hydrogens (primary N) is 1. The number of rotatable bonds is 5. The van der Waals surface area contributed by atoms with Gasteiger partial charge in [0.2, 0.25) is 11.8 Å². The third-order valence-electron chi connectivity index (χ3n) is 6.88. The number of nitrogens with one attached hydrogen (secondary N) is 2. The number of nitrogen functional groups attached to an aromatic ring is 1. The van der Waals surface area contributed by atoms with Crippen LogP contribution in [0.3, 0.4) is 0 Å². The Morgan fingerprint density at radius 3 is 2.67 bits per heavy atom. The standard InChI is InChI=1S/C24H21F3N8O/c1-23(13-2-4-14(25)5-3-13)16-17(28)32-18(33-19(16)34-22(23)36)15-11-35-7-6-29-21(35)20(31-15)30-10-12-8-24(26,27)9-12/h2-7,11-12H,8-10H2,1H3,(H,30,31)(H3,28,32,33,34,36). The van der Waals surface area contributed by atoms with Gasteiger partial charge >= 0.3 is 0 Å². The normalized spacial score (nSPS) is 20.7. The van der Waals surface area contributed by atoms with Crippen LogP contribution in [-0.4, -0.2) is 42.7 Å². The van der Waals surface area contributed by atoms with Crippen molar-refractivity contribution < 1.29 is 18.0 Å². The van der Waals surface area contributed by atoms with E-state index in [9.17, 15) is 18.0 Å². The van der Waals surface area contributed by atoms with E-state index < -0.39 is 17.2 Å². The molecule has 3 aromatic heterocycles. The van der Waals surface area contributed by atoms with Gasteiger partial charge in [-0.05, 0) is 30.5 Å². The van der Waals surface area contributed by atoms with Crippen LogP contribution >= 0.6 is 0 Å². The molecule has 1 aliphatic carbocycles. The van der Waals surface area contributed by atoms with Crippen LogP contribution in [0.4, 0.5) is 30.6 Å². The Morgan fingerprint density at radius 1 is 1.19 bits per heavy atom. The predicted octanol–water partition coefficient (Wildman–Crippen LogP) is 3.62. The second-order valence-electron chi connectivity index (χ2n) is 9.39. The van der Waals surface area contributed by atoms with Gasteiger partial charge in [-0.1, -0.05) is 12.1 Å². The maximum absolute atomic E-state index is 13.5. The van der Waals surface area contributed by atoms with Gasteiger partial charge in [-0.25, -0.2) is 33.1 Å². The number of hydrogen-bond donors (Lipinski definition) is 3. The Bertz CT molecular complexity index is 1510. The number of carbonyl (C=O) groups is 1. The van der Waals surface area contributed by atoms with Gasteiger partial charge in [0.15, 0.2) is 17.3 Å². The summed E-state index contributed by atoms with van der Waals surface area (Å²) in [4.78, 5) is 30.9. The maximum atomic E-state index is 13.5. The molecule has 0 saturated heterocycles. The van der Waals surface area contributed by atoms with Crippen molar-refractivity contribution in [2.45, 2.75) is 31.1 Å². The highest BCUT2D eigenvalue weighted by molar-refractivity contribution is 6.09. The molecule has 6 rings (SSSR count). The molecule has 1 aromatic carbocycles. The largest absolute Gasteiger partial charge is 0.383 e. The summed E-state index contributed by atoms with van der Waals surface area (Å²) in [5.41, 5.74) is 6.96. The summed E-state index contributed by atoms with van der Waals surface area (Å²) < 4.78 is 41.6. The Balaban J connectivity index is 1.37. The van der Waals surface area contributed by atoms with Crippen molar-refractivity contribution in [3.8, 4) is 11.5 Å². The van der Waals surface area contributed by atoms with Gasteiger partial charge in [0, 0.05) is 38.0 Å². The molecule has 1 atom stereocenters. The van der Waals surface area contributed by atoms with Crippen LogP contribution in [0.1, 0.15) is 30.9 Å². The minimum atomic E-state index is -2.60. The number of halogens is 3. The molecular formula is C24H21F3N8O. The quantitative estimate of drug-likeness (QED) is 0.387. The summed E-state index contributed by atoms with van der Waals surface area (Å²) in [6.45, 7) is 2.01. The van der Waals surface area contributed by atoms with Crippen LogP contribution < -0.4 is 16.4 Å². The van der Waals surface area contributed by atoms with E-state index in [0.29, 0.717) is 34.8 Å². The van der Waals surface area contributed by atoms with Crippen molar-refractivity contribution in [1.82, 2.24) is 24.3 Å². The first kappa shape index (κ1) is 22.3. The highest BCUT2D eigenvalue weighted by atomic mass is 19.3. The van der Waals surface area contributed by atoms with Crippen molar-refractivity contribution in [2.24, 2.45) is 5.92 Å². The number of nitrogens with zero attached hydrogens (tertiary/aromatic N) is 5. The number of carbonyl (C=O) groups excluding carboxylic acids is 1. The number of aromatic nitrogens is 5. The number of fused-ring (bicyclic) bond motifs is 2. The highest BCUT2D eigenvalue weighted by Crippen LogP contribution is 2.45. The molecule has 0 radical (unpaired) electrons. The number of hydrogen-bond acceptors (Lipinski definition) is 7. The Labute approximate surface area is 203 Å². The number of anilines is 3. The molecule has 12 heteroatoms. The smallest absolute Gasteiger partial charge is 0.248 e. The molecule has 4 aromatic rings. The molecule has 1 unspecified atom stereocenters. The zero-order valence-electron chi connectivity index (χ0n) is 19.1. The summed E-state index contributed by atoms with van der Waals surface area (Å²) in [5.74, 6) is -2.65. The molecular weight excluding hydrogens is 473 g/mol. The molecule has 0 spiro atoms. The van der Waals surface area contributed by atoms with Gasteiger partial charge in [0.1, 0.15) is 28.6 Å². The van der Waals surface area contributed by atoms with Crippen LogP contribution in [-0.2, 0) is 10.2 Å². The number of amides is 1. The minimum absolute atomic E-state index is 0.0823. The first-order chi connectivity index (χ1) is 17.1. The molecule has 184 valence electrons. The third kappa shape index (κ3) is 3.43. The fourth-order valence-corrected chi connectivity index (χ4v) is 4.91. The summed E-state index contributed by atoms with van der Waals surface area (Å²) in [7, 11) is 0. The molecule has 36 heavy (non-hydrogen) atoms. The van der Waals surface area contributed by atoms with Crippen LogP contribution in [0.2, 0.25) is 0 Å². The molecule has 1 aliphatic heterocycles. The Kier molecular flexibility index (Phi) is 4.72. The first-order valence-electron chi connectivity index (χ1n) is 11.4. The van der Waals surface area contributed by atoms with Gasteiger partial charge in [-0.2, -0.15) is 0 Å². The van der Waals surface area contributed by atoms with E-state index in [0.717, 1.165) is 0 Å². The van der Waals surface area contributed by atoms with Crippen LogP contribution in [0.15, 0.2) is 42.9 Å². The fraction of sp³-hybridized carbons (Fsp3) is 0.292. The van der Waals surface area contributed by atoms with E-state index in [1.54, 1.807) is 29.9 Å². The average molecular weight is 494 g/mol. The lowest BCUT2D eigenvalue weighted by atomic mass is 9.78. The summed E-state index contributed by atoms with van der Waals surface area (Å²) in [5, 5.41) is 5.89. The van der Waals surface area contributed by atoms with E-state index in [1.807, 2.05) is 0 Å². The van der Waals surface area contributed by atoms with Crippen LogP contribution in [0, 0.1) is 11.7 Å². The van der Waals surface area contributed by atoms with Crippen molar-refractivity contribution in [1.29, 1.82) is 0 Å². The highest BCUT2D eigenvalue weighted by Gasteiger charge is 2.48. The van der Waals surface area contributed by atoms with Gasteiger partial charge in [0.05, 0.1) is 5.56 Å². The third-order valence-corrected chi connectivity index (χ3v) is 6.88.